The zero-order valence-corrected chi connectivity index (χ0v) is 21.8. The molecule has 4 aromatic rings. The van der Waals surface area contributed by atoms with Crippen LogP contribution in [0.4, 0.5) is 4.79 Å². The first-order chi connectivity index (χ1) is 19.0. The average Bonchev–Trinajstić information content (AvgIpc) is 2.98. The van der Waals surface area contributed by atoms with Crippen LogP contribution in [0.1, 0.15) is 46.4 Å². The lowest BCUT2D eigenvalue weighted by molar-refractivity contribution is 0.0467. The molecule has 0 atom stereocenters. The lowest BCUT2D eigenvalue weighted by atomic mass is 10.0. The second-order valence-electron chi connectivity index (χ2n) is 9.97. The Morgan fingerprint density at radius 3 is 1.95 bits per heavy atom. The summed E-state index contributed by atoms with van der Waals surface area (Å²) in [6.07, 6.45) is 1.57. The third kappa shape index (κ3) is 6.20. The fraction of sp³-hybridized carbons (Fsp3) is 0.281. The van der Waals surface area contributed by atoms with Crippen LogP contribution >= 0.6 is 0 Å². The quantitative estimate of drug-likeness (QED) is 0.219. The van der Waals surface area contributed by atoms with E-state index in [0.29, 0.717) is 56.4 Å². The van der Waals surface area contributed by atoms with E-state index in [-0.39, 0.29) is 24.5 Å². The molecule has 7 heteroatoms. The summed E-state index contributed by atoms with van der Waals surface area (Å²) < 4.78 is 5.52. The standard InChI is InChI=1S/C32H32N2O5/c35-30(27-13-11-23-7-1-3-9-25(23)21-27)34(29-15-18-33(19-16-29)32(37)38)17-5-6-20-39-31(36)28-14-12-24-8-2-4-10-26(24)22-28/h1-4,7-14,21-22,29H,5-6,15-20H2,(H,37,38). The van der Waals surface area contributed by atoms with Gasteiger partial charge in [0, 0.05) is 31.2 Å². The molecule has 0 aromatic heterocycles. The molecule has 0 bridgehead atoms. The predicted octanol–water partition coefficient (Wildman–Crippen LogP) is 6.21. The van der Waals surface area contributed by atoms with E-state index in [1.165, 1.54) is 4.90 Å². The van der Waals surface area contributed by atoms with Crippen molar-refractivity contribution in [2.24, 2.45) is 0 Å². The fourth-order valence-electron chi connectivity index (χ4n) is 5.26. The first kappa shape index (κ1) is 26.2. The largest absolute Gasteiger partial charge is 0.465 e. The molecule has 1 heterocycles. The summed E-state index contributed by atoms with van der Waals surface area (Å²) in [5.74, 6) is -0.409. The molecule has 200 valence electrons. The predicted molar refractivity (Wildman–Crippen MR) is 151 cm³/mol. The highest BCUT2D eigenvalue weighted by molar-refractivity contribution is 5.99. The van der Waals surface area contributed by atoms with Crippen LogP contribution in [-0.2, 0) is 4.74 Å². The van der Waals surface area contributed by atoms with Gasteiger partial charge in [0.1, 0.15) is 0 Å². The van der Waals surface area contributed by atoms with Gasteiger partial charge in [0.25, 0.3) is 5.91 Å². The summed E-state index contributed by atoms with van der Waals surface area (Å²) in [6, 6.07) is 27.0. The lowest BCUT2D eigenvalue weighted by Gasteiger charge is -2.38. The van der Waals surface area contributed by atoms with E-state index in [1.54, 1.807) is 6.07 Å². The number of fused-ring (bicyclic) bond motifs is 2. The third-order valence-electron chi connectivity index (χ3n) is 7.44. The van der Waals surface area contributed by atoms with Crippen LogP contribution in [-0.4, -0.2) is 65.2 Å². The van der Waals surface area contributed by atoms with E-state index in [9.17, 15) is 19.5 Å². The molecule has 0 aliphatic carbocycles. The highest BCUT2D eigenvalue weighted by Gasteiger charge is 2.30. The maximum absolute atomic E-state index is 13.7. The second-order valence-corrected chi connectivity index (χ2v) is 9.97. The number of unbranched alkanes of at least 4 members (excludes halogenated alkanes) is 1. The first-order valence-electron chi connectivity index (χ1n) is 13.4. The molecule has 7 nitrogen and oxygen atoms in total. The number of esters is 1. The van der Waals surface area contributed by atoms with Crippen LogP contribution in [0.5, 0.6) is 0 Å². The Bertz CT molecular complexity index is 1490. The molecular formula is C32H32N2O5. The maximum atomic E-state index is 13.7. The van der Waals surface area contributed by atoms with Crippen molar-refractivity contribution in [2.45, 2.75) is 31.7 Å². The SMILES string of the molecule is O=C(OCCCCN(C(=O)c1ccc2ccccc2c1)C1CCN(C(=O)O)CC1)c1ccc2ccccc2c1. The topological polar surface area (TPSA) is 87.2 Å². The zero-order chi connectivity index (χ0) is 27.2. The van der Waals surface area contributed by atoms with Gasteiger partial charge >= 0.3 is 12.1 Å². The number of carbonyl (C=O) groups excluding carboxylic acids is 2. The summed E-state index contributed by atoms with van der Waals surface area (Å²) in [6.45, 7) is 1.59. The lowest BCUT2D eigenvalue weighted by Crippen LogP contribution is -2.48. The number of hydrogen-bond donors (Lipinski definition) is 1. The van der Waals surface area contributed by atoms with E-state index in [1.807, 2.05) is 83.8 Å². The third-order valence-corrected chi connectivity index (χ3v) is 7.44. The minimum atomic E-state index is -0.922. The molecule has 1 fully saturated rings. The zero-order valence-electron chi connectivity index (χ0n) is 21.8. The van der Waals surface area contributed by atoms with Crippen molar-refractivity contribution >= 4 is 39.5 Å². The molecule has 0 unspecified atom stereocenters. The Morgan fingerprint density at radius 1 is 0.769 bits per heavy atom. The smallest absolute Gasteiger partial charge is 0.407 e. The number of ether oxygens (including phenoxy) is 1. The Labute approximate surface area is 227 Å². The van der Waals surface area contributed by atoms with Gasteiger partial charge in [0.05, 0.1) is 12.2 Å². The van der Waals surface area contributed by atoms with E-state index < -0.39 is 6.09 Å². The number of carboxylic acid groups (broad SMARTS) is 1. The number of benzene rings is 4. The van der Waals surface area contributed by atoms with E-state index in [2.05, 4.69) is 0 Å². The molecule has 0 radical (unpaired) electrons. The summed E-state index contributed by atoms with van der Waals surface area (Å²) in [7, 11) is 0. The van der Waals surface area contributed by atoms with Crippen LogP contribution in [0.25, 0.3) is 21.5 Å². The number of hydrogen-bond acceptors (Lipinski definition) is 4. The monoisotopic (exact) mass is 524 g/mol. The summed E-state index contributed by atoms with van der Waals surface area (Å²) in [5, 5.41) is 13.5. The van der Waals surface area contributed by atoms with Crippen molar-refractivity contribution in [1.29, 1.82) is 0 Å². The number of carbonyl (C=O) groups is 3. The van der Waals surface area contributed by atoms with Gasteiger partial charge in [-0.3, -0.25) is 4.79 Å². The summed E-state index contributed by atoms with van der Waals surface area (Å²) >= 11 is 0. The number of likely N-dealkylation sites (tertiary alicyclic amines) is 1. The van der Waals surface area contributed by atoms with Gasteiger partial charge in [-0.05, 0) is 71.5 Å². The highest BCUT2D eigenvalue weighted by Crippen LogP contribution is 2.23. The van der Waals surface area contributed by atoms with Crippen LogP contribution in [0.3, 0.4) is 0 Å². The van der Waals surface area contributed by atoms with E-state index in [0.717, 1.165) is 21.5 Å². The minimum Gasteiger partial charge on any atom is -0.465 e. The van der Waals surface area contributed by atoms with E-state index >= 15 is 0 Å². The van der Waals surface area contributed by atoms with Crippen molar-refractivity contribution in [3.63, 3.8) is 0 Å². The normalized spacial score (nSPS) is 13.9. The van der Waals surface area contributed by atoms with Gasteiger partial charge < -0.3 is 19.6 Å². The Morgan fingerprint density at radius 2 is 1.33 bits per heavy atom. The molecular weight excluding hydrogens is 492 g/mol. The fourth-order valence-corrected chi connectivity index (χ4v) is 5.26. The summed E-state index contributed by atoms with van der Waals surface area (Å²) in [5.41, 5.74) is 1.14. The molecule has 2 amide bonds. The Kier molecular flexibility index (Phi) is 8.06. The van der Waals surface area contributed by atoms with Crippen LogP contribution < -0.4 is 0 Å². The Balaban J connectivity index is 1.21. The second kappa shape index (κ2) is 12.0. The Hall–Kier alpha value is -4.39. The minimum absolute atomic E-state index is 0.0419. The molecule has 4 aromatic carbocycles. The average molecular weight is 525 g/mol. The molecule has 39 heavy (non-hydrogen) atoms. The van der Waals surface area contributed by atoms with Crippen molar-refractivity contribution in [3.05, 3.63) is 96.1 Å². The molecule has 1 N–H and O–H groups in total. The molecule has 1 aliphatic rings. The van der Waals surface area contributed by atoms with Crippen molar-refractivity contribution < 1.29 is 24.2 Å². The van der Waals surface area contributed by atoms with Crippen LogP contribution in [0.15, 0.2) is 84.9 Å². The maximum Gasteiger partial charge on any atom is 0.407 e. The number of rotatable bonds is 8. The van der Waals surface area contributed by atoms with Crippen LogP contribution in [0.2, 0.25) is 0 Å². The first-order valence-corrected chi connectivity index (χ1v) is 13.4. The number of amides is 2. The van der Waals surface area contributed by atoms with Gasteiger partial charge in [0.15, 0.2) is 0 Å². The van der Waals surface area contributed by atoms with Gasteiger partial charge in [-0.2, -0.15) is 0 Å². The number of piperidine rings is 1. The van der Waals surface area contributed by atoms with E-state index in [4.69, 9.17) is 4.74 Å². The molecule has 1 saturated heterocycles. The number of nitrogens with zero attached hydrogens (tertiary/aromatic N) is 2. The van der Waals surface area contributed by atoms with Crippen LogP contribution in [0, 0.1) is 0 Å². The van der Waals surface area contributed by atoms with Gasteiger partial charge in [-0.25, -0.2) is 9.59 Å². The molecule has 5 rings (SSSR count). The van der Waals surface area contributed by atoms with Gasteiger partial charge in [-0.15, -0.1) is 0 Å². The molecule has 0 spiro atoms. The van der Waals surface area contributed by atoms with Crippen molar-refractivity contribution in [1.82, 2.24) is 9.80 Å². The highest BCUT2D eigenvalue weighted by atomic mass is 16.5. The van der Waals surface area contributed by atoms with Gasteiger partial charge in [0.2, 0.25) is 0 Å². The van der Waals surface area contributed by atoms with Crippen molar-refractivity contribution in [2.75, 3.05) is 26.2 Å². The summed E-state index contributed by atoms with van der Waals surface area (Å²) in [4.78, 5) is 40.9. The molecule has 0 saturated carbocycles. The molecule has 1 aliphatic heterocycles. The van der Waals surface area contributed by atoms with Crippen molar-refractivity contribution in [3.8, 4) is 0 Å². The van der Waals surface area contributed by atoms with Gasteiger partial charge in [-0.1, -0.05) is 60.7 Å².